The molecule has 0 spiro atoms. The lowest BCUT2D eigenvalue weighted by Gasteiger charge is -2.13. The van der Waals surface area contributed by atoms with E-state index in [0.29, 0.717) is 42.3 Å². The average molecular weight is 444 g/mol. The van der Waals surface area contributed by atoms with E-state index in [1.54, 1.807) is 55.6 Å². The Bertz CT molecular complexity index is 889. The first-order valence-electron chi connectivity index (χ1n) is 10.3. The molecule has 0 heterocycles. The number of benzene rings is 2. The highest BCUT2D eigenvalue weighted by Gasteiger charge is 2.14. The van der Waals surface area contributed by atoms with Crippen molar-refractivity contribution in [2.75, 3.05) is 31.0 Å². The molecule has 8 heteroatoms. The van der Waals surface area contributed by atoms with Gasteiger partial charge in [0.15, 0.2) is 5.11 Å². The number of rotatable bonds is 11. The van der Waals surface area contributed by atoms with Gasteiger partial charge in [-0.05, 0) is 49.0 Å². The Morgan fingerprint density at radius 1 is 0.968 bits per heavy atom. The quantitative estimate of drug-likeness (QED) is 0.353. The molecule has 0 aromatic heterocycles. The van der Waals surface area contributed by atoms with Crippen molar-refractivity contribution in [1.82, 2.24) is 5.32 Å². The number of hydrogen-bond acceptors (Lipinski definition) is 5. The number of para-hydroxylation sites is 1. The lowest BCUT2D eigenvalue weighted by atomic mass is 10.2. The van der Waals surface area contributed by atoms with Gasteiger partial charge in [0.1, 0.15) is 12.4 Å². The fourth-order valence-electron chi connectivity index (χ4n) is 2.78. The molecule has 31 heavy (non-hydrogen) atoms. The van der Waals surface area contributed by atoms with Gasteiger partial charge in [0.25, 0.3) is 5.91 Å². The van der Waals surface area contributed by atoms with Crippen molar-refractivity contribution in [2.24, 2.45) is 0 Å². The first-order chi connectivity index (χ1) is 15.0. The summed E-state index contributed by atoms with van der Waals surface area (Å²) in [6.07, 6.45) is 3.46. The van der Waals surface area contributed by atoms with Crippen molar-refractivity contribution >= 4 is 40.5 Å². The van der Waals surface area contributed by atoms with E-state index in [2.05, 4.69) is 22.9 Å². The predicted molar refractivity (Wildman–Crippen MR) is 127 cm³/mol. The molecule has 166 valence electrons. The number of carbonyl (C=O) groups excluding carboxylic acids is 2. The second-order valence-electron chi connectivity index (χ2n) is 6.83. The zero-order valence-electron chi connectivity index (χ0n) is 17.9. The van der Waals surface area contributed by atoms with Crippen LogP contribution in [0.5, 0.6) is 5.75 Å². The van der Waals surface area contributed by atoms with Crippen LogP contribution in [-0.4, -0.2) is 37.3 Å². The number of anilines is 2. The lowest BCUT2D eigenvalue weighted by molar-refractivity contribution is -0.116. The summed E-state index contributed by atoms with van der Waals surface area (Å²) in [5.74, 6) is 0.0464. The smallest absolute Gasteiger partial charge is 0.261 e. The Morgan fingerprint density at radius 3 is 2.45 bits per heavy atom. The van der Waals surface area contributed by atoms with Gasteiger partial charge in [0, 0.05) is 24.9 Å². The van der Waals surface area contributed by atoms with Gasteiger partial charge in [-0.15, -0.1) is 0 Å². The minimum atomic E-state index is -0.383. The summed E-state index contributed by atoms with van der Waals surface area (Å²) in [4.78, 5) is 24.6. The van der Waals surface area contributed by atoms with Crippen molar-refractivity contribution in [2.45, 2.75) is 32.6 Å². The van der Waals surface area contributed by atoms with Crippen molar-refractivity contribution in [1.29, 1.82) is 0 Å². The third kappa shape index (κ3) is 8.74. The molecule has 3 N–H and O–H groups in total. The minimum absolute atomic E-state index is 0.0217. The van der Waals surface area contributed by atoms with Crippen LogP contribution < -0.4 is 20.7 Å². The molecule has 0 unspecified atom stereocenters. The highest BCUT2D eigenvalue weighted by Crippen LogP contribution is 2.19. The van der Waals surface area contributed by atoms with Crippen LogP contribution in [0.3, 0.4) is 0 Å². The van der Waals surface area contributed by atoms with E-state index in [1.165, 1.54) is 0 Å². The third-order valence-electron chi connectivity index (χ3n) is 4.32. The maximum atomic E-state index is 12.6. The first kappa shape index (κ1) is 24.3. The van der Waals surface area contributed by atoms with Crippen LogP contribution >= 0.6 is 12.2 Å². The van der Waals surface area contributed by atoms with Crippen LogP contribution in [0, 0.1) is 0 Å². The molecule has 0 radical (unpaired) electrons. The van der Waals surface area contributed by atoms with Gasteiger partial charge in [0.05, 0.1) is 12.2 Å². The Morgan fingerprint density at radius 2 is 1.71 bits per heavy atom. The van der Waals surface area contributed by atoms with Crippen LogP contribution in [0.2, 0.25) is 0 Å². The number of methoxy groups -OCH3 is 1. The summed E-state index contributed by atoms with van der Waals surface area (Å²) in [5, 5.41) is 8.64. The Balaban J connectivity index is 1.93. The molecule has 0 saturated carbocycles. The van der Waals surface area contributed by atoms with Crippen LogP contribution in [-0.2, 0) is 9.53 Å². The van der Waals surface area contributed by atoms with Gasteiger partial charge in [0.2, 0.25) is 5.91 Å². The van der Waals surface area contributed by atoms with E-state index < -0.39 is 0 Å². The average Bonchev–Trinajstić information content (AvgIpc) is 2.74. The van der Waals surface area contributed by atoms with E-state index >= 15 is 0 Å². The zero-order chi connectivity index (χ0) is 22.5. The topological polar surface area (TPSA) is 88.7 Å². The van der Waals surface area contributed by atoms with Gasteiger partial charge in [-0.1, -0.05) is 38.0 Å². The molecule has 2 rings (SSSR count). The SMILES string of the molecule is CCCCCC(=O)Nc1cccc(NC(=S)NC(=O)c2ccccc2OCCOC)c1. The maximum absolute atomic E-state index is 12.6. The summed E-state index contributed by atoms with van der Waals surface area (Å²) in [5.41, 5.74) is 1.69. The summed E-state index contributed by atoms with van der Waals surface area (Å²) in [6.45, 7) is 2.85. The molecule has 0 aliphatic rings. The van der Waals surface area contributed by atoms with Gasteiger partial charge in [-0.3, -0.25) is 14.9 Å². The maximum Gasteiger partial charge on any atom is 0.261 e. The predicted octanol–water partition coefficient (Wildman–Crippen LogP) is 4.36. The second kappa shape index (κ2) is 13.4. The minimum Gasteiger partial charge on any atom is -0.490 e. The largest absolute Gasteiger partial charge is 0.490 e. The van der Waals surface area contributed by atoms with Crippen molar-refractivity contribution in [3.8, 4) is 5.75 Å². The molecule has 0 aliphatic heterocycles. The summed E-state index contributed by atoms with van der Waals surface area (Å²) >= 11 is 5.27. The van der Waals surface area contributed by atoms with Gasteiger partial charge in [-0.25, -0.2) is 0 Å². The molecule has 2 amide bonds. The van der Waals surface area contributed by atoms with E-state index in [-0.39, 0.29) is 16.9 Å². The third-order valence-corrected chi connectivity index (χ3v) is 4.52. The van der Waals surface area contributed by atoms with Crippen LogP contribution in [0.1, 0.15) is 43.0 Å². The van der Waals surface area contributed by atoms with Crippen LogP contribution in [0.4, 0.5) is 11.4 Å². The van der Waals surface area contributed by atoms with Gasteiger partial charge < -0.3 is 20.1 Å². The van der Waals surface area contributed by atoms with Crippen molar-refractivity contribution < 1.29 is 19.1 Å². The number of nitrogens with one attached hydrogen (secondary N) is 3. The Labute approximate surface area is 188 Å². The van der Waals surface area contributed by atoms with Gasteiger partial charge in [-0.2, -0.15) is 0 Å². The van der Waals surface area contributed by atoms with Crippen LogP contribution in [0.25, 0.3) is 0 Å². The molecule has 2 aromatic rings. The van der Waals surface area contributed by atoms with Crippen LogP contribution in [0.15, 0.2) is 48.5 Å². The standard InChI is InChI=1S/C23H29N3O4S/c1-3-4-5-13-21(27)24-17-9-8-10-18(16-17)25-23(31)26-22(28)19-11-6-7-12-20(19)30-15-14-29-2/h6-12,16H,3-5,13-15H2,1-2H3,(H,24,27)(H2,25,26,28,31). The number of thiocarbonyl (C=S) groups is 1. The number of amides is 2. The zero-order valence-corrected chi connectivity index (χ0v) is 18.7. The molecule has 0 aliphatic carbocycles. The lowest BCUT2D eigenvalue weighted by Crippen LogP contribution is -2.34. The monoisotopic (exact) mass is 443 g/mol. The number of ether oxygens (including phenoxy) is 2. The number of carbonyl (C=O) groups is 2. The van der Waals surface area contributed by atoms with Gasteiger partial charge >= 0.3 is 0 Å². The fourth-order valence-corrected chi connectivity index (χ4v) is 2.99. The highest BCUT2D eigenvalue weighted by molar-refractivity contribution is 7.80. The normalized spacial score (nSPS) is 10.3. The Hall–Kier alpha value is -2.97. The summed E-state index contributed by atoms with van der Waals surface area (Å²) < 4.78 is 10.6. The molecule has 0 fully saturated rings. The highest BCUT2D eigenvalue weighted by atomic mass is 32.1. The van der Waals surface area contributed by atoms with E-state index in [1.807, 2.05) is 0 Å². The number of unbranched alkanes of at least 4 members (excludes halogenated alkanes) is 2. The molecule has 2 aromatic carbocycles. The van der Waals surface area contributed by atoms with E-state index in [0.717, 1.165) is 19.3 Å². The molecular formula is C23H29N3O4S. The second-order valence-corrected chi connectivity index (χ2v) is 7.24. The molecule has 0 bridgehead atoms. The summed E-state index contributed by atoms with van der Waals surface area (Å²) in [7, 11) is 1.58. The number of hydrogen-bond donors (Lipinski definition) is 3. The van der Waals surface area contributed by atoms with Crippen molar-refractivity contribution in [3.63, 3.8) is 0 Å². The molecular weight excluding hydrogens is 414 g/mol. The first-order valence-corrected chi connectivity index (χ1v) is 10.7. The summed E-state index contributed by atoms with van der Waals surface area (Å²) in [6, 6.07) is 14.1. The fraction of sp³-hybridized carbons (Fsp3) is 0.348. The van der Waals surface area contributed by atoms with E-state index in [9.17, 15) is 9.59 Å². The Kier molecular flexibility index (Phi) is 10.5. The molecule has 7 nitrogen and oxygen atoms in total. The molecule has 0 saturated heterocycles. The molecule has 0 atom stereocenters. The van der Waals surface area contributed by atoms with Crippen molar-refractivity contribution in [3.05, 3.63) is 54.1 Å². The van der Waals surface area contributed by atoms with E-state index in [4.69, 9.17) is 21.7 Å².